The van der Waals surface area contributed by atoms with Gasteiger partial charge in [-0.15, -0.1) is 13.2 Å². The van der Waals surface area contributed by atoms with E-state index in [1.807, 2.05) is 6.07 Å². The summed E-state index contributed by atoms with van der Waals surface area (Å²) in [7, 11) is 0. The molecule has 0 bridgehead atoms. The molecule has 0 atom stereocenters. The molecule has 1 aliphatic carbocycles. The fourth-order valence-corrected chi connectivity index (χ4v) is 2.62. The summed E-state index contributed by atoms with van der Waals surface area (Å²) in [6.45, 7) is 0. The van der Waals surface area contributed by atoms with Crippen molar-refractivity contribution in [2.45, 2.75) is 19.2 Å². The number of carbonyl (C=O) groups is 1. The Hall–Kier alpha value is -2.30. The minimum Gasteiger partial charge on any atom is -0.406 e. The zero-order valence-electron chi connectivity index (χ0n) is 10.9. The molecule has 0 unspecified atom stereocenters. The number of hydrogen-bond donors (Lipinski definition) is 0. The van der Waals surface area contributed by atoms with Crippen LogP contribution in [-0.4, -0.2) is 12.1 Å². The van der Waals surface area contributed by atoms with E-state index in [0.717, 1.165) is 11.1 Å². The van der Waals surface area contributed by atoms with Crippen LogP contribution >= 0.6 is 0 Å². The smallest absolute Gasteiger partial charge is 0.406 e. The lowest BCUT2D eigenvalue weighted by molar-refractivity contribution is -0.274. The Morgan fingerprint density at radius 2 is 1.67 bits per heavy atom. The van der Waals surface area contributed by atoms with E-state index >= 15 is 0 Å². The highest BCUT2D eigenvalue weighted by atomic mass is 19.4. The monoisotopic (exact) mass is 292 g/mol. The Balaban J connectivity index is 2.02. The summed E-state index contributed by atoms with van der Waals surface area (Å²) in [5, 5.41) is 0. The first-order valence-electron chi connectivity index (χ1n) is 6.45. The maximum absolute atomic E-state index is 12.3. The third-order valence-electron chi connectivity index (χ3n) is 3.46. The Morgan fingerprint density at radius 1 is 0.952 bits per heavy atom. The highest BCUT2D eigenvalue weighted by Gasteiger charge is 2.31. The molecule has 0 spiro atoms. The van der Waals surface area contributed by atoms with Crippen molar-refractivity contribution < 1.29 is 22.7 Å². The Kier molecular flexibility index (Phi) is 3.20. The molecular weight excluding hydrogens is 281 g/mol. The van der Waals surface area contributed by atoms with Gasteiger partial charge in [-0.2, -0.15) is 0 Å². The van der Waals surface area contributed by atoms with E-state index in [1.54, 1.807) is 18.2 Å². The summed E-state index contributed by atoms with van der Waals surface area (Å²) in [5.74, 6) is -0.184. The van der Waals surface area contributed by atoms with Gasteiger partial charge in [0.15, 0.2) is 5.78 Å². The second kappa shape index (κ2) is 4.91. The number of benzene rings is 2. The zero-order chi connectivity index (χ0) is 15.0. The molecular formula is C16H11F3O2. The van der Waals surface area contributed by atoms with Crippen molar-refractivity contribution in [3.63, 3.8) is 0 Å². The zero-order valence-corrected chi connectivity index (χ0v) is 10.9. The summed E-state index contributed by atoms with van der Waals surface area (Å²) < 4.78 is 40.8. The second-order valence-corrected chi connectivity index (χ2v) is 4.83. The lowest BCUT2D eigenvalue weighted by atomic mass is 9.97. The molecule has 0 aliphatic heterocycles. The fourth-order valence-electron chi connectivity index (χ4n) is 2.62. The number of halogens is 3. The third kappa shape index (κ3) is 2.77. The van der Waals surface area contributed by atoms with Gasteiger partial charge in [-0.25, -0.2) is 0 Å². The summed E-state index contributed by atoms with van der Waals surface area (Å²) >= 11 is 0. The van der Waals surface area contributed by atoms with Gasteiger partial charge in [-0.3, -0.25) is 4.79 Å². The van der Waals surface area contributed by atoms with Gasteiger partial charge >= 0.3 is 6.36 Å². The first kappa shape index (κ1) is 13.7. The standard InChI is InChI=1S/C16H11F3O2/c17-16(18,19)21-11-4-1-3-10(9-11)12-5-2-6-14-13(12)7-8-15(14)20/h1-6,9H,7-8H2. The van der Waals surface area contributed by atoms with Crippen molar-refractivity contribution in [3.8, 4) is 16.9 Å². The van der Waals surface area contributed by atoms with Crippen LogP contribution in [0.25, 0.3) is 11.1 Å². The molecule has 0 aromatic heterocycles. The molecule has 2 aromatic carbocycles. The number of carbonyl (C=O) groups excluding carboxylic acids is 1. The van der Waals surface area contributed by atoms with Crippen molar-refractivity contribution in [1.29, 1.82) is 0 Å². The SMILES string of the molecule is O=C1CCc2c1cccc2-c1cccc(OC(F)(F)F)c1. The molecule has 0 fully saturated rings. The van der Waals surface area contributed by atoms with Crippen LogP contribution in [0.4, 0.5) is 13.2 Å². The molecule has 5 heteroatoms. The predicted octanol–water partition coefficient (Wildman–Crippen LogP) is 4.38. The van der Waals surface area contributed by atoms with Crippen LogP contribution in [-0.2, 0) is 6.42 Å². The lowest BCUT2D eigenvalue weighted by Gasteiger charge is -2.12. The number of ether oxygens (including phenoxy) is 1. The first-order chi connectivity index (χ1) is 9.94. The minimum atomic E-state index is -4.72. The van der Waals surface area contributed by atoms with E-state index in [0.29, 0.717) is 24.0 Å². The Labute approximate surface area is 119 Å². The van der Waals surface area contributed by atoms with Crippen molar-refractivity contribution in [3.05, 3.63) is 53.6 Å². The van der Waals surface area contributed by atoms with Gasteiger partial charge in [0.2, 0.25) is 0 Å². The molecule has 0 amide bonds. The van der Waals surface area contributed by atoms with E-state index in [9.17, 15) is 18.0 Å². The quantitative estimate of drug-likeness (QED) is 0.821. The molecule has 2 aromatic rings. The van der Waals surface area contributed by atoms with Crippen molar-refractivity contribution in [2.75, 3.05) is 0 Å². The highest BCUT2D eigenvalue weighted by Crippen LogP contribution is 2.34. The Bertz CT molecular complexity index is 705. The van der Waals surface area contributed by atoms with Gasteiger partial charge in [0, 0.05) is 12.0 Å². The largest absolute Gasteiger partial charge is 0.573 e. The van der Waals surface area contributed by atoms with Gasteiger partial charge in [0.05, 0.1) is 0 Å². The molecule has 0 saturated heterocycles. The van der Waals surface area contributed by atoms with Crippen LogP contribution < -0.4 is 4.74 Å². The van der Waals surface area contributed by atoms with Crippen LogP contribution in [0.2, 0.25) is 0 Å². The number of fused-ring (bicyclic) bond motifs is 1. The lowest BCUT2D eigenvalue weighted by Crippen LogP contribution is -2.17. The molecule has 0 saturated carbocycles. The van der Waals surface area contributed by atoms with E-state index in [-0.39, 0.29) is 11.5 Å². The molecule has 0 N–H and O–H groups in total. The van der Waals surface area contributed by atoms with Gasteiger partial charge < -0.3 is 4.74 Å². The number of hydrogen-bond acceptors (Lipinski definition) is 2. The number of ketones is 1. The van der Waals surface area contributed by atoms with Crippen molar-refractivity contribution >= 4 is 5.78 Å². The molecule has 0 radical (unpaired) electrons. The molecule has 21 heavy (non-hydrogen) atoms. The van der Waals surface area contributed by atoms with Crippen LogP contribution in [0, 0.1) is 0 Å². The highest BCUT2D eigenvalue weighted by molar-refractivity contribution is 6.02. The molecule has 3 rings (SSSR count). The maximum Gasteiger partial charge on any atom is 0.573 e. The van der Waals surface area contributed by atoms with Gasteiger partial charge in [0.1, 0.15) is 5.75 Å². The second-order valence-electron chi connectivity index (χ2n) is 4.83. The topological polar surface area (TPSA) is 26.3 Å². The average Bonchev–Trinajstić information content (AvgIpc) is 2.79. The van der Waals surface area contributed by atoms with E-state index in [1.165, 1.54) is 18.2 Å². The minimum absolute atomic E-state index is 0.0783. The van der Waals surface area contributed by atoms with E-state index in [2.05, 4.69) is 4.74 Å². The summed E-state index contributed by atoms with van der Waals surface area (Å²) in [6.07, 6.45) is -3.65. The molecule has 1 aliphatic rings. The van der Waals surface area contributed by atoms with Gasteiger partial charge in [0.25, 0.3) is 0 Å². The van der Waals surface area contributed by atoms with Crippen molar-refractivity contribution in [1.82, 2.24) is 0 Å². The number of Topliss-reactive ketones (excluding diaryl/α,β-unsaturated/α-hetero) is 1. The van der Waals surface area contributed by atoms with Gasteiger partial charge in [-0.1, -0.05) is 30.3 Å². The summed E-state index contributed by atoms with van der Waals surface area (Å²) in [4.78, 5) is 11.7. The normalized spacial score (nSPS) is 14.1. The van der Waals surface area contributed by atoms with Crippen LogP contribution in [0.5, 0.6) is 5.75 Å². The van der Waals surface area contributed by atoms with Gasteiger partial charge in [-0.05, 0) is 35.2 Å². The first-order valence-corrected chi connectivity index (χ1v) is 6.45. The fraction of sp³-hybridized carbons (Fsp3) is 0.188. The molecule has 108 valence electrons. The average molecular weight is 292 g/mol. The predicted molar refractivity (Wildman–Crippen MR) is 71.2 cm³/mol. The Morgan fingerprint density at radius 3 is 2.43 bits per heavy atom. The number of rotatable bonds is 2. The number of alkyl halides is 3. The van der Waals surface area contributed by atoms with E-state index in [4.69, 9.17) is 0 Å². The summed E-state index contributed by atoms with van der Waals surface area (Å²) in [6, 6.07) is 11.1. The maximum atomic E-state index is 12.3. The van der Waals surface area contributed by atoms with Crippen molar-refractivity contribution in [2.24, 2.45) is 0 Å². The summed E-state index contributed by atoms with van der Waals surface area (Å²) in [5.41, 5.74) is 2.95. The van der Waals surface area contributed by atoms with E-state index < -0.39 is 6.36 Å². The molecule has 2 nitrogen and oxygen atoms in total. The van der Waals surface area contributed by atoms with Crippen LogP contribution in [0.3, 0.4) is 0 Å². The van der Waals surface area contributed by atoms with Crippen LogP contribution in [0.15, 0.2) is 42.5 Å². The van der Waals surface area contributed by atoms with Crippen LogP contribution in [0.1, 0.15) is 22.3 Å². The third-order valence-corrected chi connectivity index (χ3v) is 3.46. The molecule has 0 heterocycles.